The summed E-state index contributed by atoms with van der Waals surface area (Å²) in [6, 6.07) is 10.2. The lowest BCUT2D eigenvalue weighted by Gasteiger charge is -2.38. The molecule has 0 unspecified atom stereocenters. The summed E-state index contributed by atoms with van der Waals surface area (Å²) in [7, 11) is -1.64. The van der Waals surface area contributed by atoms with Gasteiger partial charge in [0.15, 0.2) is 17.2 Å². The van der Waals surface area contributed by atoms with Crippen LogP contribution in [-0.4, -0.2) is 81.2 Å². The molecule has 2 aromatic carbocycles. The molecule has 2 aliphatic rings. The predicted molar refractivity (Wildman–Crippen MR) is 135 cm³/mol. The number of ether oxygens (including phenoxy) is 3. The van der Waals surface area contributed by atoms with E-state index in [1.54, 1.807) is 30.0 Å². The summed E-state index contributed by atoms with van der Waals surface area (Å²) in [5.41, 5.74) is 1.50. The van der Waals surface area contributed by atoms with Crippen molar-refractivity contribution in [1.82, 2.24) is 9.80 Å². The molecule has 2 N–H and O–H groups in total. The molecule has 0 radical (unpaired) electrons. The van der Waals surface area contributed by atoms with Gasteiger partial charge in [0.25, 0.3) is 5.91 Å². The first-order chi connectivity index (χ1) is 17.1. The number of anilines is 1. The zero-order valence-electron chi connectivity index (χ0n) is 20.9. The molecular weight excluding hydrogens is 486 g/mol. The van der Waals surface area contributed by atoms with Crippen molar-refractivity contribution < 1.29 is 32.5 Å². The van der Waals surface area contributed by atoms with E-state index in [0.717, 1.165) is 17.6 Å². The van der Waals surface area contributed by atoms with E-state index in [-0.39, 0.29) is 48.3 Å². The van der Waals surface area contributed by atoms with Gasteiger partial charge in [-0.2, -0.15) is 0 Å². The second kappa shape index (κ2) is 10.5. The lowest BCUT2D eigenvalue weighted by molar-refractivity contribution is 0.0344. The molecule has 0 spiro atoms. The summed E-state index contributed by atoms with van der Waals surface area (Å²) in [6.07, 6.45) is 0.683. The van der Waals surface area contributed by atoms with Gasteiger partial charge >= 0.3 is 0 Å². The van der Waals surface area contributed by atoms with Gasteiger partial charge in [0.2, 0.25) is 16.8 Å². The maximum absolute atomic E-state index is 13.4. The number of rotatable bonds is 8. The molecule has 11 heteroatoms. The Labute approximate surface area is 211 Å². The molecule has 2 aliphatic heterocycles. The molecule has 0 saturated carbocycles. The molecule has 3 atom stereocenters. The maximum Gasteiger partial charge on any atom is 0.258 e. The van der Waals surface area contributed by atoms with Gasteiger partial charge in [-0.15, -0.1) is 0 Å². The number of hydrogen-bond donors (Lipinski definition) is 2. The van der Waals surface area contributed by atoms with Crippen LogP contribution in [0.5, 0.6) is 17.2 Å². The SMILES string of the molecule is C[C@@H]1CN([C@H](C)CO)C(=O)c2cccc(NS(C)(=O)=O)c2O[C@@H]1CN(C)Cc1ccc2c(c1)OCO2. The Morgan fingerprint density at radius 1 is 1.22 bits per heavy atom. The fourth-order valence-corrected chi connectivity index (χ4v) is 5.02. The summed E-state index contributed by atoms with van der Waals surface area (Å²) in [5, 5.41) is 9.81. The number of para-hydroxylation sites is 1. The number of aliphatic hydroxyl groups excluding tert-OH is 1. The van der Waals surface area contributed by atoms with E-state index >= 15 is 0 Å². The van der Waals surface area contributed by atoms with Crippen LogP contribution < -0.4 is 18.9 Å². The average Bonchev–Trinajstić information content (AvgIpc) is 3.28. The van der Waals surface area contributed by atoms with Crippen LogP contribution in [0.3, 0.4) is 0 Å². The van der Waals surface area contributed by atoms with E-state index < -0.39 is 16.1 Å². The van der Waals surface area contributed by atoms with Crippen molar-refractivity contribution in [1.29, 1.82) is 0 Å². The first kappa shape index (κ1) is 26.1. The quantitative estimate of drug-likeness (QED) is 0.545. The Morgan fingerprint density at radius 3 is 2.69 bits per heavy atom. The van der Waals surface area contributed by atoms with E-state index in [2.05, 4.69) is 9.62 Å². The zero-order valence-corrected chi connectivity index (χ0v) is 21.7. The molecule has 0 saturated heterocycles. The van der Waals surface area contributed by atoms with Crippen molar-refractivity contribution in [3.05, 3.63) is 47.5 Å². The normalized spacial score (nSPS) is 20.4. The third kappa shape index (κ3) is 5.85. The minimum absolute atomic E-state index is 0.110. The number of carbonyl (C=O) groups excluding carboxylic acids is 1. The summed E-state index contributed by atoms with van der Waals surface area (Å²) < 4.78 is 43.8. The number of hydrogen-bond acceptors (Lipinski definition) is 8. The third-order valence-corrected chi connectivity index (χ3v) is 6.96. The zero-order chi connectivity index (χ0) is 26.0. The second-order valence-corrected chi connectivity index (χ2v) is 11.3. The second-order valence-electron chi connectivity index (χ2n) is 9.56. The molecular formula is C25H33N3O7S. The van der Waals surface area contributed by atoms with Gasteiger partial charge in [-0.25, -0.2) is 8.42 Å². The van der Waals surface area contributed by atoms with Gasteiger partial charge in [0, 0.05) is 25.6 Å². The van der Waals surface area contributed by atoms with Crippen LogP contribution >= 0.6 is 0 Å². The Kier molecular flexibility index (Phi) is 7.62. The highest BCUT2D eigenvalue weighted by molar-refractivity contribution is 7.92. The fourth-order valence-electron chi connectivity index (χ4n) is 4.46. The fraction of sp³-hybridized carbons (Fsp3) is 0.480. The predicted octanol–water partition coefficient (Wildman–Crippen LogP) is 2.14. The highest BCUT2D eigenvalue weighted by Gasteiger charge is 2.34. The minimum Gasteiger partial charge on any atom is -0.486 e. The van der Waals surface area contributed by atoms with Crippen LogP contribution in [0.15, 0.2) is 36.4 Å². The third-order valence-electron chi connectivity index (χ3n) is 6.37. The van der Waals surface area contributed by atoms with Gasteiger partial charge in [-0.05, 0) is 43.8 Å². The molecule has 10 nitrogen and oxygen atoms in total. The molecule has 196 valence electrons. The Morgan fingerprint density at radius 2 is 1.97 bits per heavy atom. The van der Waals surface area contributed by atoms with Gasteiger partial charge < -0.3 is 24.2 Å². The molecule has 0 aromatic heterocycles. The largest absolute Gasteiger partial charge is 0.486 e. The minimum atomic E-state index is -3.61. The summed E-state index contributed by atoms with van der Waals surface area (Å²) in [6.45, 7) is 5.31. The molecule has 0 fully saturated rings. The average molecular weight is 520 g/mol. The molecule has 0 aliphatic carbocycles. The van der Waals surface area contributed by atoms with Gasteiger partial charge in [0.05, 0.1) is 30.2 Å². The number of nitrogens with zero attached hydrogens (tertiary/aromatic N) is 2. The lowest BCUT2D eigenvalue weighted by Crippen LogP contribution is -2.49. The highest BCUT2D eigenvalue weighted by atomic mass is 32.2. The molecule has 0 bridgehead atoms. The number of likely N-dealkylation sites (N-methyl/N-ethyl adjacent to an activating group) is 1. The highest BCUT2D eigenvalue weighted by Crippen LogP contribution is 2.36. The van der Waals surface area contributed by atoms with Crippen LogP contribution in [0.1, 0.15) is 29.8 Å². The number of amides is 1. The monoisotopic (exact) mass is 519 g/mol. The number of fused-ring (bicyclic) bond motifs is 2. The molecule has 2 heterocycles. The van der Waals surface area contributed by atoms with Crippen molar-refractivity contribution in [2.24, 2.45) is 5.92 Å². The summed E-state index contributed by atoms with van der Waals surface area (Å²) >= 11 is 0. The smallest absolute Gasteiger partial charge is 0.258 e. The standard InChI is InChI=1S/C25H33N3O7S/c1-16-11-28(17(2)14-29)25(30)19-6-5-7-20(26-36(4,31)32)24(19)35-23(16)13-27(3)12-18-8-9-21-22(10-18)34-15-33-21/h5-10,16-17,23,26,29H,11-15H2,1-4H3/t16-,17-,23-/m1/s1. The Balaban J connectivity index is 1.63. The molecule has 1 amide bonds. The first-order valence-corrected chi connectivity index (χ1v) is 13.7. The van der Waals surface area contributed by atoms with E-state index in [1.807, 2.05) is 32.2 Å². The number of nitrogens with one attached hydrogen (secondary N) is 1. The van der Waals surface area contributed by atoms with Crippen LogP contribution in [0, 0.1) is 5.92 Å². The van der Waals surface area contributed by atoms with Crippen LogP contribution in [0.4, 0.5) is 5.69 Å². The number of sulfonamides is 1. The number of benzene rings is 2. The maximum atomic E-state index is 13.4. The van der Waals surface area contributed by atoms with E-state index in [9.17, 15) is 18.3 Å². The first-order valence-electron chi connectivity index (χ1n) is 11.8. The topological polar surface area (TPSA) is 118 Å². The summed E-state index contributed by atoms with van der Waals surface area (Å²) in [5.74, 6) is 1.21. The molecule has 36 heavy (non-hydrogen) atoms. The Hall–Kier alpha value is -3.02. The van der Waals surface area contributed by atoms with Crippen molar-refractivity contribution >= 4 is 21.6 Å². The van der Waals surface area contributed by atoms with E-state index in [4.69, 9.17) is 14.2 Å². The lowest BCUT2D eigenvalue weighted by atomic mass is 9.99. The number of carbonyl (C=O) groups is 1. The van der Waals surface area contributed by atoms with Gasteiger partial charge in [-0.3, -0.25) is 14.4 Å². The van der Waals surface area contributed by atoms with Crippen LogP contribution in [0.2, 0.25) is 0 Å². The van der Waals surface area contributed by atoms with Crippen molar-refractivity contribution in [3.63, 3.8) is 0 Å². The number of aliphatic hydroxyl groups is 1. The van der Waals surface area contributed by atoms with Gasteiger partial charge in [0.1, 0.15) is 6.10 Å². The van der Waals surface area contributed by atoms with Crippen LogP contribution in [-0.2, 0) is 16.6 Å². The Bertz CT molecular complexity index is 1220. The van der Waals surface area contributed by atoms with Crippen molar-refractivity contribution in [3.8, 4) is 17.2 Å². The van der Waals surface area contributed by atoms with Gasteiger partial charge in [-0.1, -0.05) is 19.1 Å². The molecule has 4 rings (SSSR count). The van der Waals surface area contributed by atoms with E-state index in [1.165, 1.54) is 0 Å². The summed E-state index contributed by atoms with van der Waals surface area (Å²) in [4.78, 5) is 17.2. The van der Waals surface area contributed by atoms with Crippen molar-refractivity contribution in [2.75, 3.05) is 44.5 Å². The van der Waals surface area contributed by atoms with Crippen LogP contribution in [0.25, 0.3) is 0 Å². The van der Waals surface area contributed by atoms with Crippen molar-refractivity contribution in [2.45, 2.75) is 32.5 Å². The van der Waals surface area contributed by atoms with E-state index in [0.29, 0.717) is 25.4 Å². The molecule has 2 aromatic rings.